The molecule has 1 N–H and O–H groups in total. The molecule has 4 heteroatoms. The number of hydrogen-bond donors (Lipinski definition) is 1. The molecule has 1 fully saturated rings. The zero-order valence-corrected chi connectivity index (χ0v) is 10.1. The molecular formula is C12H21N3O. The van der Waals surface area contributed by atoms with Crippen molar-refractivity contribution in [1.82, 2.24) is 15.1 Å². The van der Waals surface area contributed by atoms with Gasteiger partial charge in [-0.25, -0.2) is 0 Å². The Morgan fingerprint density at radius 1 is 1.69 bits per heavy atom. The molecule has 0 aliphatic carbocycles. The van der Waals surface area contributed by atoms with E-state index < -0.39 is 0 Å². The van der Waals surface area contributed by atoms with Crippen molar-refractivity contribution in [3.8, 4) is 0 Å². The summed E-state index contributed by atoms with van der Waals surface area (Å²) in [7, 11) is 2.03. The fourth-order valence-electron chi connectivity index (χ4n) is 2.31. The Labute approximate surface area is 97.0 Å². The van der Waals surface area contributed by atoms with Crippen LogP contribution in [0, 0.1) is 5.92 Å². The highest BCUT2D eigenvalue weighted by atomic mass is 16.5. The SMILES string of the molecule is CCn1cc(CC(NC)C2CCOC2)cn1. The van der Waals surface area contributed by atoms with Gasteiger partial charge in [-0.15, -0.1) is 0 Å². The van der Waals surface area contributed by atoms with Gasteiger partial charge < -0.3 is 10.1 Å². The molecule has 2 heterocycles. The summed E-state index contributed by atoms with van der Waals surface area (Å²) >= 11 is 0. The minimum atomic E-state index is 0.511. The fourth-order valence-corrected chi connectivity index (χ4v) is 2.31. The van der Waals surface area contributed by atoms with E-state index in [0.717, 1.165) is 26.2 Å². The molecule has 1 aromatic rings. The van der Waals surface area contributed by atoms with Gasteiger partial charge in [-0.3, -0.25) is 4.68 Å². The Balaban J connectivity index is 1.94. The second-order valence-corrected chi connectivity index (χ2v) is 4.43. The topological polar surface area (TPSA) is 39.1 Å². The van der Waals surface area contributed by atoms with Crippen LogP contribution in [0.3, 0.4) is 0 Å². The van der Waals surface area contributed by atoms with Gasteiger partial charge in [-0.1, -0.05) is 0 Å². The van der Waals surface area contributed by atoms with Gasteiger partial charge >= 0.3 is 0 Å². The van der Waals surface area contributed by atoms with E-state index in [4.69, 9.17) is 4.74 Å². The van der Waals surface area contributed by atoms with Crippen molar-refractivity contribution < 1.29 is 4.74 Å². The minimum Gasteiger partial charge on any atom is -0.381 e. The maximum absolute atomic E-state index is 5.44. The number of aromatic nitrogens is 2. The van der Waals surface area contributed by atoms with Crippen molar-refractivity contribution >= 4 is 0 Å². The average molecular weight is 223 g/mol. The number of nitrogens with one attached hydrogen (secondary N) is 1. The quantitative estimate of drug-likeness (QED) is 0.811. The lowest BCUT2D eigenvalue weighted by molar-refractivity contribution is 0.177. The monoisotopic (exact) mass is 223 g/mol. The molecule has 16 heavy (non-hydrogen) atoms. The van der Waals surface area contributed by atoms with E-state index in [9.17, 15) is 0 Å². The molecule has 0 aromatic carbocycles. The highest BCUT2D eigenvalue weighted by molar-refractivity contribution is 5.07. The van der Waals surface area contributed by atoms with Crippen LogP contribution in [0.2, 0.25) is 0 Å². The van der Waals surface area contributed by atoms with Gasteiger partial charge in [0.15, 0.2) is 0 Å². The molecule has 0 radical (unpaired) electrons. The third kappa shape index (κ3) is 2.62. The van der Waals surface area contributed by atoms with Gasteiger partial charge in [0.1, 0.15) is 0 Å². The summed E-state index contributed by atoms with van der Waals surface area (Å²) in [4.78, 5) is 0. The van der Waals surface area contributed by atoms with Crippen molar-refractivity contribution in [2.24, 2.45) is 5.92 Å². The summed E-state index contributed by atoms with van der Waals surface area (Å²) in [6, 6.07) is 0.511. The summed E-state index contributed by atoms with van der Waals surface area (Å²) < 4.78 is 7.42. The van der Waals surface area contributed by atoms with Crippen molar-refractivity contribution in [2.45, 2.75) is 32.4 Å². The number of rotatable bonds is 5. The highest BCUT2D eigenvalue weighted by Crippen LogP contribution is 2.19. The Kier molecular flexibility index (Phi) is 3.96. The van der Waals surface area contributed by atoms with Crippen molar-refractivity contribution in [1.29, 1.82) is 0 Å². The van der Waals surface area contributed by atoms with Crippen molar-refractivity contribution in [3.05, 3.63) is 18.0 Å². The summed E-state index contributed by atoms with van der Waals surface area (Å²) in [5, 5.41) is 7.71. The van der Waals surface area contributed by atoms with E-state index in [-0.39, 0.29) is 0 Å². The molecular weight excluding hydrogens is 202 g/mol. The number of likely N-dealkylation sites (N-methyl/N-ethyl adjacent to an activating group) is 1. The lowest BCUT2D eigenvalue weighted by Gasteiger charge is -2.20. The Hall–Kier alpha value is -0.870. The first-order valence-electron chi connectivity index (χ1n) is 6.09. The predicted molar refractivity (Wildman–Crippen MR) is 63.4 cm³/mol. The van der Waals surface area contributed by atoms with E-state index in [1.54, 1.807) is 0 Å². The summed E-state index contributed by atoms with van der Waals surface area (Å²) in [6.45, 7) is 4.86. The standard InChI is InChI=1S/C12H21N3O/c1-3-15-8-10(7-14-15)6-12(13-2)11-4-5-16-9-11/h7-8,11-13H,3-6,9H2,1-2H3. The molecule has 90 valence electrons. The smallest absolute Gasteiger partial charge is 0.0522 e. The molecule has 1 aliphatic heterocycles. The molecule has 0 spiro atoms. The molecule has 2 atom stereocenters. The van der Waals surface area contributed by atoms with Gasteiger partial charge in [0, 0.05) is 31.3 Å². The Morgan fingerprint density at radius 2 is 2.56 bits per heavy atom. The number of nitrogens with zero attached hydrogens (tertiary/aromatic N) is 2. The number of hydrogen-bond acceptors (Lipinski definition) is 3. The molecule has 1 aliphatic rings. The molecule has 0 saturated carbocycles. The largest absolute Gasteiger partial charge is 0.381 e. The lowest BCUT2D eigenvalue weighted by atomic mass is 9.94. The molecule has 1 aromatic heterocycles. The van der Waals surface area contributed by atoms with Crippen molar-refractivity contribution in [3.63, 3.8) is 0 Å². The van der Waals surface area contributed by atoms with Crippen LogP contribution in [0.1, 0.15) is 18.9 Å². The van der Waals surface area contributed by atoms with Crippen LogP contribution in [0.5, 0.6) is 0 Å². The third-order valence-corrected chi connectivity index (χ3v) is 3.37. The van der Waals surface area contributed by atoms with Crippen LogP contribution >= 0.6 is 0 Å². The Morgan fingerprint density at radius 3 is 3.12 bits per heavy atom. The maximum Gasteiger partial charge on any atom is 0.0522 e. The maximum atomic E-state index is 5.44. The van der Waals surface area contributed by atoms with Crippen LogP contribution in [0.4, 0.5) is 0 Å². The first-order chi connectivity index (χ1) is 7.83. The van der Waals surface area contributed by atoms with E-state index in [2.05, 4.69) is 23.5 Å². The second-order valence-electron chi connectivity index (χ2n) is 4.43. The Bertz CT molecular complexity index is 318. The summed E-state index contributed by atoms with van der Waals surface area (Å²) in [5.41, 5.74) is 1.31. The summed E-state index contributed by atoms with van der Waals surface area (Å²) in [5.74, 6) is 0.648. The normalized spacial score (nSPS) is 22.5. The average Bonchev–Trinajstić information content (AvgIpc) is 2.96. The third-order valence-electron chi connectivity index (χ3n) is 3.37. The van der Waals surface area contributed by atoms with Gasteiger partial charge in [0.2, 0.25) is 0 Å². The van der Waals surface area contributed by atoms with E-state index in [1.165, 1.54) is 12.0 Å². The van der Waals surface area contributed by atoms with E-state index in [0.29, 0.717) is 12.0 Å². The highest BCUT2D eigenvalue weighted by Gasteiger charge is 2.24. The minimum absolute atomic E-state index is 0.511. The van der Waals surface area contributed by atoms with Crippen LogP contribution in [-0.2, 0) is 17.7 Å². The van der Waals surface area contributed by atoms with Crippen LogP contribution < -0.4 is 5.32 Å². The van der Waals surface area contributed by atoms with E-state index in [1.807, 2.05) is 17.9 Å². The van der Waals surface area contributed by atoms with Gasteiger partial charge in [-0.05, 0) is 32.4 Å². The zero-order valence-electron chi connectivity index (χ0n) is 10.1. The van der Waals surface area contributed by atoms with Gasteiger partial charge in [-0.2, -0.15) is 5.10 Å². The second kappa shape index (κ2) is 5.46. The number of ether oxygens (including phenoxy) is 1. The van der Waals surface area contributed by atoms with E-state index >= 15 is 0 Å². The number of aryl methyl sites for hydroxylation is 1. The van der Waals surface area contributed by atoms with Gasteiger partial charge in [0.05, 0.1) is 12.8 Å². The molecule has 0 amide bonds. The van der Waals surface area contributed by atoms with Crippen LogP contribution in [0.15, 0.2) is 12.4 Å². The first kappa shape index (κ1) is 11.6. The first-order valence-corrected chi connectivity index (χ1v) is 6.09. The lowest BCUT2D eigenvalue weighted by Crippen LogP contribution is -2.35. The van der Waals surface area contributed by atoms with Crippen LogP contribution in [-0.4, -0.2) is 36.1 Å². The molecule has 4 nitrogen and oxygen atoms in total. The molecule has 0 bridgehead atoms. The van der Waals surface area contributed by atoms with Crippen molar-refractivity contribution in [2.75, 3.05) is 20.3 Å². The molecule has 2 rings (SSSR count). The van der Waals surface area contributed by atoms with Gasteiger partial charge in [0.25, 0.3) is 0 Å². The fraction of sp³-hybridized carbons (Fsp3) is 0.750. The zero-order chi connectivity index (χ0) is 11.4. The molecule has 2 unspecified atom stereocenters. The molecule has 1 saturated heterocycles. The predicted octanol–water partition coefficient (Wildman–Crippen LogP) is 1.07. The van der Waals surface area contributed by atoms with Crippen LogP contribution in [0.25, 0.3) is 0 Å². The summed E-state index contributed by atoms with van der Waals surface area (Å²) in [6.07, 6.45) is 6.34.